The number of carbonyl (C=O) groups excluding carboxylic acids is 1. The van der Waals surface area contributed by atoms with Crippen LogP contribution < -0.4 is 5.32 Å². The van der Waals surface area contributed by atoms with Crippen molar-refractivity contribution in [2.45, 2.75) is 19.6 Å². The molecule has 4 aromatic rings. The normalized spacial score (nSPS) is 11.5. The van der Waals surface area contributed by atoms with Gasteiger partial charge in [0.1, 0.15) is 11.5 Å². The van der Waals surface area contributed by atoms with Gasteiger partial charge in [0, 0.05) is 24.3 Å². The molecule has 0 saturated heterocycles. The molecule has 1 aromatic carbocycles. The molecule has 3 aromatic heterocycles. The fraction of sp³-hybridized carbons (Fsp3) is 0.136. The van der Waals surface area contributed by atoms with E-state index in [2.05, 4.69) is 16.4 Å². The van der Waals surface area contributed by atoms with E-state index in [9.17, 15) is 23.2 Å². The van der Waals surface area contributed by atoms with Crippen molar-refractivity contribution in [3.05, 3.63) is 83.2 Å². The molecule has 0 bridgehead atoms. The summed E-state index contributed by atoms with van der Waals surface area (Å²) in [5.74, 6) is 0.0960. The number of aromatic nitrogens is 2. The summed E-state index contributed by atoms with van der Waals surface area (Å²) >= 11 is 0. The van der Waals surface area contributed by atoms with Crippen LogP contribution >= 0.6 is 0 Å². The van der Waals surface area contributed by atoms with E-state index in [0.717, 1.165) is 6.07 Å². The topological polar surface area (TPSA) is 83.8 Å². The quantitative estimate of drug-likeness (QED) is 0.492. The van der Waals surface area contributed by atoms with Crippen molar-refractivity contribution in [1.82, 2.24) is 9.55 Å². The Bertz CT molecular complexity index is 1310. The lowest BCUT2D eigenvalue weighted by atomic mass is 10.1. The number of aryl methyl sites for hydroxylation is 1. The van der Waals surface area contributed by atoms with Gasteiger partial charge in [0.15, 0.2) is 0 Å². The van der Waals surface area contributed by atoms with Crippen molar-refractivity contribution in [3.63, 3.8) is 0 Å². The molecule has 0 aliphatic rings. The van der Waals surface area contributed by atoms with E-state index in [1.807, 2.05) is 0 Å². The Kier molecular flexibility index (Phi) is 4.99. The van der Waals surface area contributed by atoms with Gasteiger partial charge in [-0.2, -0.15) is 18.4 Å². The minimum absolute atomic E-state index is 0.230. The number of nitrogens with one attached hydrogen (secondary N) is 1. The number of hydrogen-bond donors (Lipinski definition) is 1. The summed E-state index contributed by atoms with van der Waals surface area (Å²) in [6.07, 6.45) is -0.240. The number of nitriles is 1. The Morgan fingerprint density at radius 1 is 1.26 bits per heavy atom. The van der Waals surface area contributed by atoms with E-state index in [-0.39, 0.29) is 12.5 Å². The lowest BCUT2D eigenvalue weighted by Crippen LogP contribution is -2.12. The number of rotatable bonds is 4. The Morgan fingerprint density at radius 2 is 2.06 bits per heavy atom. The molecule has 0 fully saturated rings. The van der Waals surface area contributed by atoms with Crippen molar-refractivity contribution < 1.29 is 22.4 Å². The third-order valence-electron chi connectivity index (χ3n) is 4.83. The first kappa shape index (κ1) is 20.2. The number of pyridine rings is 1. The Balaban J connectivity index is 1.70. The smallest absolute Gasteiger partial charge is 0.433 e. The van der Waals surface area contributed by atoms with Crippen molar-refractivity contribution >= 4 is 22.5 Å². The number of fused-ring (bicyclic) bond motifs is 1. The summed E-state index contributed by atoms with van der Waals surface area (Å²) in [6, 6.07) is 10.9. The Labute approximate surface area is 174 Å². The number of benzene rings is 1. The number of nitrogens with zero attached hydrogens (tertiary/aromatic N) is 3. The molecule has 1 N–H and O–H groups in total. The van der Waals surface area contributed by atoms with Gasteiger partial charge in [0.2, 0.25) is 0 Å². The number of alkyl halides is 3. The van der Waals surface area contributed by atoms with Crippen LogP contribution in [-0.4, -0.2) is 15.5 Å². The lowest BCUT2D eigenvalue weighted by molar-refractivity contribution is -0.141. The van der Waals surface area contributed by atoms with Gasteiger partial charge in [-0.15, -0.1) is 0 Å². The van der Waals surface area contributed by atoms with Gasteiger partial charge >= 0.3 is 6.18 Å². The summed E-state index contributed by atoms with van der Waals surface area (Å²) in [6.45, 7) is 1.90. The summed E-state index contributed by atoms with van der Waals surface area (Å²) < 4.78 is 45.2. The highest BCUT2D eigenvalue weighted by Crippen LogP contribution is 2.30. The maximum Gasteiger partial charge on any atom is 0.433 e. The van der Waals surface area contributed by atoms with Crippen LogP contribution in [0.25, 0.3) is 10.9 Å². The van der Waals surface area contributed by atoms with Crippen LogP contribution in [0.3, 0.4) is 0 Å². The van der Waals surface area contributed by atoms with E-state index in [0.29, 0.717) is 39.0 Å². The largest absolute Gasteiger partial charge is 0.469 e. The summed E-state index contributed by atoms with van der Waals surface area (Å²) in [4.78, 5) is 16.1. The van der Waals surface area contributed by atoms with Gasteiger partial charge in [0.05, 0.1) is 34.7 Å². The van der Waals surface area contributed by atoms with Crippen LogP contribution in [0.2, 0.25) is 0 Å². The molecule has 0 unspecified atom stereocenters. The molecule has 1 amide bonds. The van der Waals surface area contributed by atoms with Gasteiger partial charge in [0.25, 0.3) is 5.91 Å². The van der Waals surface area contributed by atoms with Crippen LogP contribution in [0.5, 0.6) is 0 Å². The van der Waals surface area contributed by atoms with Crippen molar-refractivity contribution in [1.29, 1.82) is 5.26 Å². The summed E-state index contributed by atoms with van der Waals surface area (Å²) in [5.41, 5.74) is 1.56. The van der Waals surface area contributed by atoms with Gasteiger partial charge < -0.3 is 14.3 Å². The van der Waals surface area contributed by atoms with Gasteiger partial charge in [-0.05, 0) is 42.8 Å². The maximum absolute atomic E-state index is 12.8. The van der Waals surface area contributed by atoms with Gasteiger partial charge in [-0.3, -0.25) is 9.78 Å². The van der Waals surface area contributed by atoms with E-state index in [4.69, 9.17) is 4.42 Å². The second-order valence-corrected chi connectivity index (χ2v) is 6.91. The van der Waals surface area contributed by atoms with Crippen LogP contribution in [0, 0.1) is 18.3 Å². The zero-order valence-corrected chi connectivity index (χ0v) is 16.2. The van der Waals surface area contributed by atoms with E-state index < -0.39 is 11.9 Å². The number of furan rings is 1. The molecule has 4 rings (SSSR count). The molecule has 0 spiro atoms. The predicted octanol–water partition coefficient (Wildman–Crippen LogP) is 5.13. The molecule has 0 radical (unpaired) electrons. The SMILES string of the molecule is Cc1occc1C(=O)Nc1cn(Cc2ccc(C(F)(F)F)nc2)c2ccc(C#N)cc12. The highest BCUT2D eigenvalue weighted by Gasteiger charge is 2.32. The van der Waals surface area contributed by atoms with Crippen LogP contribution in [0.15, 0.2) is 59.5 Å². The molecule has 0 aliphatic heterocycles. The minimum atomic E-state index is -4.50. The first-order valence-corrected chi connectivity index (χ1v) is 9.17. The van der Waals surface area contributed by atoms with E-state index >= 15 is 0 Å². The average molecular weight is 424 g/mol. The first-order chi connectivity index (χ1) is 14.8. The summed E-state index contributed by atoms with van der Waals surface area (Å²) in [5, 5.41) is 12.7. The molecule has 156 valence electrons. The molecule has 0 aliphatic carbocycles. The molecule has 0 saturated carbocycles. The lowest BCUT2D eigenvalue weighted by Gasteiger charge is -2.08. The number of amides is 1. The van der Waals surface area contributed by atoms with Gasteiger partial charge in [-0.1, -0.05) is 6.07 Å². The Hall–Kier alpha value is -4.06. The van der Waals surface area contributed by atoms with Crippen molar-refractivity contribution in [2.24, 2.45) is 0 Å². The molecule has 6 nitrogen and oxygen atoms in total. The number of carbonyl (C=O) groups is 1. The summed E-state index contributed by atoms with van der Waals surface area (Å²) in [7, 11) is 0. The van der Waals surface area contributed by atoms with Crippen molar-refractivity contribution in [2.75, 3.05) is 5.32 Å². The molecule has 31 heavy (non-hydrogen) atoms. The monoisotopic (exact) mass is 424 g/mol. The van der Waals surface area contributed by atoms with Crippen LogP contribution in [-0.2, 0) is 12.7 Å². The average Bonchev–Trinajstić information content (AvgIpc) is 3.31. The zero-order chi connectivity index (χ0) is 22.2. The first-order valence-electron chi connectivity index (χ1n) is 9.17. The fourth-order valence-electron chi connectivity index (χ4n) is 3.29. The fourth-order valence-corrected chi connectivity index (χ4v) is 3.29. The van der Waals surface area contributed by atoms with Gasteiger partial charge in [-0.25, -0.2) is 0 Å². The second-order valence-electron chi connectivity index (χ2n) is 6.91. The third kappa shape index (κ3) is 4.00. The number of hydrogen-bond acceptors (Lipinski definition) is 4. The molecule has 3 heterocycles. The number of anilines is 1. The zero-order valence-electron chi connectivity index (χ0n) is 16.2. The highest BCUT2D eigenvalue weighted by molar-refractivity contribution is 6.09. The molecule has 0 atom stereocenters. The van der Waals surface area contributed by atoms with E-state index in [1.165, 1.54) is 18.5 Å². The molecular weight excluding hydrogens is 409 g/mol. The highest BCUT2D eigenvalue weighted by atomic mass is 19.4. The minimum Gasteiger partial charge on any atom is -0.469 e. The number of halogens is 3. The predicted molar refractivity (Wildman–Crippen MR) is 106 cm³/mol. The third-order valence-corrected chi connectivity index (χ3v) is 4.83. The Morgan fingerprint density at radius 3 is 2.68 bits per heavy atom. The van der Waals surface area contributed by atoms with Crippen LogP contribution in [0.4, 0.5) is 18.9 Å². The molecule has 9 heteroatoms. The van der Waals surface area contributed by atoms with Crippen molar-refractivity contribution in [3.8, 4) is 6.07 Å². The molecular formula is C22H15F3N4O2. The maximum atomic E-state index is 12.8. The second kappa shape index (κ2) is 7.65. The standard InChI is InChI=1S/C22H15F3N4O2/c1-13-16(6-7-31-13)21(30)28-18-12-29(19-4-2-14(9-26)8-17(18)19)11-15-3-5-20(27-10-15)22(23,24)25/h2-8,10,12H,11H2,1H3,(H,28,30). The van der Waals surface area contributed by atoms with E-state index in [1.54, 1.807) is 42.0 Å². The van der Waals surface area contributed by atoms with Crippen LogP contribution in [0.1, 0.15) is 32.9 Å².